The van der Waals surface area contributed by atoms with E-state index in [1.165, 1.54) is 7.11 Å². The maximum Gasteiger partial charge on any atom is 0.0745 e. The Morgan fingerprint density at radius 3 is 2.55 bits per heavy atom. The number of methoxy groups -OCH3 is 1. The van der Waals surface area contributed by atoms with Gasteiger partial charge >= 0.3 is 0 Å². The van der Waals surface area contributed by atoms with Crippen molar-refractivity contribution in [1.82, 2.24) is 0 Å². The second-order valence-corrected chi connectivity index (χ2v) is 2.06. The summed E-state index contributed by atoms with van der Waals surface area (Å²) in [6.07, 6.45) is 0. The van der Waals surface area contributed by atoms with Gasteiger partial charge in [0, 0.05) is 44.2 Å². The number of aryl methyl sites for hydroxylation is 1. The van der Waals surface area contributed by atoms with Crippen LogP contribution in [0.4, 0.5) is 0 Å². The molecule has 1 aromatic rings. The molecule has 0 fully saturated rings. The third-order valence-corrected chi connectivity index (χ3v) is 1.24. The first-order valence-corrected chi connectivity index (χ1v) is 3.00. The Hall–Kier alpha value is -0.0761. The van der Waals surface area contributed by atoms with Crippen molar-refractivity contribution in [1.29, 1.82) is 0 Å². The Morgan fingerprint density at radius 2 is 2.09 bits per heavy atom. The number of aromatic hydroxyl groups is 1. The Kier molecular flexibility index (Phi) is 4.70. The third kappa shape index (κ3) is 2.80. The van der Waals surface area contributed by atoms with E-state index in [-0.39, 0.29) is 38.5 Å². The summed E-state index contributed by atoms with van der Waals surface area (Å²) in [7, 11) is 1.50. The molecule has 1 aromatic carbocycles. The van der Waals surface area contributed by atoms with Gasteiger partial charge in [0.2, 0.25) is 0 Å². The van der Waals surface area contributed by atoms with Crippen LogP contribution in [-0.4, -0.2) is 12.2 Å². The van der Waals surface area contributed by atoms with Gasteiger partial charge in [-0.05, 0) is 0 Å². The fraction of sp³-hybridized carbons (Fsp3) is 0.250. The van der Waals surface area contributed by atoms with Crippen molar-refractivity contribution in [3.63, 3.8) is 0 Å². The minimum absolute atomic E-state index is 0. The molecule has 0 aliphatic heterocycles. The van der Waals surface area contributed by atoms with Crippen LogP contribution < -0.4 is 4.74 Å². The summed E-state index contributed by atoms with van der Waals surface area (Å²) in [5, 5.41) is 9.08. The zero-order valence-corrected chi connectivity index (χ0v) is 9.43. The van der Waals surface area contributed by atoms with Crippen molar-refractivity contribution in [2.24, 2.45) is 0 Å². The summed E-state index contributed by atoms with van der Waals surface area (Å²) < 4.78 is 4.82. The van der Waals surface area contributed by atoms with Gasteiger partial charge in [0.25, 0.3) is 0 Å². The minimum Gasteiger partial charge on any atom is -0.562 e. The molecule has 2 nitrogen and oxygen atoms in total. The average Bonchev–Trinajstić information content (AvgIpc) is 1.94. The molecular weight excluding hydrogens is 217 g/mol. The molecule has 1 rings (SSSR count). The first kappa shape index (κ1) is 10.9. The summed E-state index contributed by atoms with van der Waals surface area (Å²) in [6, 6.07) is 6.22. The monoisotopic (exact) mass is 226 g/mol. The standard InChI is InChI=1S/C8H9O2.Y/c1-6-3-4-7(9)8(5-6)10-2;/h3-4,9H,1-2H3;/q-1;. The summed E-state index contributed by atoms with van der Waals surface area (Å²) in [5.74, 6) is 0.535. The molecule has 0 heterocycles. The van der Waals surface area contributed by atoms with Gasteiger partial charge < -0.3 is 9.84 Å². The molecule has 0 aliphatic rings. The molecule has 0 unspecified atom stereocenters. The number of phenolic OH excluding ortho intramolecular Hbond substituents is 1. The number of hydrogen-bond acceptors (Lipinski definition) is 2. The molecule has 1 radical (unpaired) electrons. The quantitative estimate of drug-likeness (QED) is 0.735. The SMILES string of the molecule is COc1[c-]c(C)ccc1O.[Y]. The Morgan fingerprint density at radius 1 is 1.45 bits per heavy atom. The van der Waals surface area contributed by atoms with Crippen molar-refractivity contribution in [3.8, 4) is 11.5 Å². The van der Waals surface area contributed by atoms with Crippen LogP contribution >= 0.6 is 0 Å². The Bertz CT molecular complexity index is 236. The van der Waals surface area contributed by atoms with E-state index in [9.17, 15) is 0 Å². The average molecular weight is 226 g/mol. The van der Waals surface area contributed by atoms with Gasteiger partial charge in [-0.15, -0.1) is 12.1 Å². The number of rotatable bonds is 1. The summed E-state index contributed by atoms with van der Waals surface area (Å²) in [5.41, 5.74) is 0.953. The first-order valence-electron chi connectivity index (χ1n) is 3.00. The van der Waals surface area contributed by atoms with E-state index in [1.54, 1.807) is 12.1 Å². The van der Waals surface area contributed by atoms with Gasteiger partial charge in [0.15, 0.2) is 0 Å². The van der Waals surface area contributed by atoms with E-state index in [0.29, 0.717) is 5.75 Å². The molecule has 1 N–H and O–H groups in total. The van der Waals surface area contributed by atoms with Crippen molar-refractivity contribution in [3.05, 3.63) is 23.8 Å². The molecule has 0 aliphatic carbocycles. The summed E-state index contributed by atoms with van der Waals surface area (Å²) in [6.45, 7) is 1.89. The van der Waals surface area contributed by atoms with Crippen molar-refractivity contribution in [2.45, 2.75) is 6.92 Å². The van der Waals surface area contributed by atoms with Crippen molar-refractivity contribution < 1.29 is 42.6 Å². The zero-order chi connectivity index (χ0) is 7.56. The number of ether oxygens (including phenoxy) is 1. The predicted octanol–water partition coefficient (Wildman–Crippen LogP) is 1.51. The van der Waals surface area contributed by atoms with Crippen LogP contribution in [0.1, 0.15) is 5.56 Å². The second-order valence-electron chi connectivity index (χ2n) is 2.06. The topological polar surface area (TPSA) is 29.5 Å². The molecule has 0 aromatic heterocycles. The van der Waals surface area contributed by atoms with Crippen molar-refractivity contribution in [2.75, 3.05) is 7.11 Å². The van der Waals surface area contributed by atoms with E-state index in [0.717, 1.165) is 5.56 Å². The van der Waals surface area contributed by atoms with E-state index in [4.69, 9.17) is 9.84 Å². The van der Waals surface area contributed by atoms with Gasteiger partial charge in [0.1, 0.15) is 0 Å². The van der Waals surface area contributed by atoms with Gasteiger partial charge in [-0.1, -0.05) is 6.92 Å². The zero-order valence-electron chi connectivity index (χ0n) is 6.59. The fourth-order valence-electron chi connectivity index (χ4n) is 0.720. The van der Waals surface area contributed by atoms with Gasteiger partial charge in [-0.2, -0.15) is 11.6 Å². The van der Waals surface area contributed by atoms with Crippen LogP contribution in [0.5, 0.6) is 11.5 Å². The van der Waals surface area contributed by atoms with Crippen LogP contribution in [0, 0.1) is 13.0 Å². The van der Waals surface area contributed by atoms with Gasteiger partial charge in [-0.25, -0.2) is 0 Å². The predicted molar refractivity (Wildman–Crippen MR) is 38.2 cm³/mol. The molecule has 0 spiro atoms. The van der Waals surface area contributed by atoms with Crippen LogP contribution in [0.25, 0.3) is 0 Å². The Balaban J connectivity index is 0.000001000. The summed E-state index contributed by atoms with van der Waals surface area (Å²) >= 11 is 0. The van der Waals surface area contributed by atoms with E-state index >= 15 is 0 Å². The largest absolute Gasteiger partial charge is 0.562 e. The summed E-state index contributed by atoms with van der Waals surface area (Å²) in [4.78, 5) is 0. The Labute approximate surface area is 91.5 Å². The number of benzene rings is 1. The minimum atomic E-state index is 0. The van der Waals surface area contributed by atoms with Gasteiger partial charge in [-0.3, -0.25) is 0 Å². The molecule has 57 valence electrons. The molecule has 3 heteroatoms. The molecular formula is C8H9O2Y-. The van der Waals surface area contributed by atoms with Crippen molar-refractivity contribution >= 4 is 0 Å². The number of hydrogen-bond donors (Lipinski definition) is 1. The molecule has 0 saturated heterocycles. The molecule has 11 heavy (non-hydrogen) atoms. The molecule has 0 saturated carbocycles. The van der Waals surface area contributed by atoms with Crippen LogP contribution in [-0.2, 0) is 32.7 Å². The number of phenols is 1. The normalized spacial score (nSPS) is 8.55. The van der Waals surface area contributed by atoms with Crippen LogP contribution in [0.3, 0.4) is 0 Å². The maximum atomic E-state index is 9.08. The first-order chi connectivity index (χ1) is 4.74. The van der Waals surface area contributed by atoms with Crippen LogP contribution in [0.2, 0.25) is 0 Å². The molecule has 0 bridgehead atoms. The van der Waals surface area contributed by atoms with E-state index < -0.39 is 0 Å². The fourth-order valence-corrected chi connectivity index (χ4v) is 0.720. The molecule has 0 atom stereocenters. The van der Waals surface area contributed by atoms with Gasteiger partial charge in [0.05, 0.1) is 7.11 Å². The molecule has 0 amide bonds. The van der Waals surface area contributed by atoms with Crippen LogP contribution in [0.15, 0.2) is 12.1 Å². The van der Waals surface area contributed by atoms with E-state index in [2.05, 4.69) is 6.07 Å². The smallest absolute Gasteiger partial charge is 0.0745 e. The van der Waals surface area contributed by atoms with E-state index in [1.807, 2.05) is 6.92 Å². The maximum absolute atomic E-state index is 9.08. The second kappa shape index (κ2) is 4.73. The third-order valence-electron chi connectivity index (χ3n) is 1.24.